The summed E-state index contributed by atoms with van der Waals surface area (Å²) in [4.78, 5) is 29.7. The Morgan fingerprint density at radius 2 is 1.70 bits per heavy atom. The fourth-order valence-corrected chi connectivity index (χ4v) is 4.50. The van der Waals surface area contributed by atoms with Crippen molar-refractivity contribution in [3.8, 4) is 11.5 Å². The second kappa shape index (κ2) is 11.3. The number of hydrogen-bond acceptors (Lipinski definition) is 6. The van der Waals surface area contributed by atoms with Gasteiger partial charge in [-0.2, -0.15) is 0 Å². The summed E-state index contributed by atoms with van der Waals surface area (Å²) in [5.41, 5.74) is 3.30. The van der Waals surface area contributed by atoms with Crippen LogP contribution in [0.1, 0.15) is 34.7 Å². The van der Waals surface area contributed by atoms with Gasteiger partial charge in [-0.25, -0.2) is 0 Å². The number of nitrogens with zero attached hydrogens (tertiary/aromatic N) is 2. The summed E-state index contributed by atoms with van der Waals surface area (Å²) in [5, 5.41) is 21.0. The number of phenolic OH excluding ortho intramolecular Hbond substituents is 1. The highest BCUT2D eigenvalue weighted by atomic mass is 16.5. The molecule has 0 radical (unpaired) electrons. The van der Waals surface area contributed by atoms with E-state index in [-0.39, 0.29) is 17.1 Å². The molecule has 1 fully saturated rings. The monoisotopic (exact) mass is 500 g/mol. The van der Waals surface area contributed by atoms with Crippen molar-refractivity contribution in [2.45, 2.75) is 26.0 Å². The number of likely N-dealkylation sites (tertiary alicyclic amines) is 1. The maximum absolute atomic E-state index is 13.1. The van der Waals surface area contributed by atoms with E-state index in [4.69, 9.17) is 4.74 Å². The standard InChI is InChI=1S/C30H32N2O5/c1-20-6-4-7-21(18-20)19-37-25-14-10-23(11-15-25)28(34)26-27(22-8-12-24(33)13-9-22)32(30(36)29(26)35)17-5-16-31(2)3/h4,6-15,18,27,33-34H,5,16-17,19H2,1-3H3/t27-/m0/s1. The number of ether oxygens (including phenoxy) is 1. The van der Waals surface area contributed by atoms with Crippen molar-refractivity contribution < 1.29 is 24.5 Å². The molecule has 37 heavy (non-hydrogen) atoms. The Kier molecular flexibility index (Phi) is 7.94. The Hall–Kier alpha value is -4.10. The Labute approximate surface area is 217 Å². The van der Waals surface area contributed by atoms with Crippen LogP contribution in [0.15, 0.2) is 78.4 Å². The third kappa shape index (κ3) is 6.01. The molecule has 0 unspecified atom stereocenters. The predicted octanol–water partition coefficient (Wildman–Crippen LogP) is 4.65. The maximum Gasteiger partial charge on any atom is 0.295 e. The van der Waals surface area contributed by atoms with Crippen LogP contribution >= 0.6 is 0 Å². The smallest absolute Gasteiger partial charge is 0.295 e. The van der Waals surface area contributed by atoms with Gasteiger partial charge in [0.15, 0.2) is 0 Å². The van der Waals surface area contributed by atoms with Gasteiger partial charge in [0.25, 0.3) is 11.7 Å². The molecule has 4 rings (SSSR count). The lowest BCUT2D eigenvalue weighted by atomic mass is 9.95. The van der Waals surface area contributed by atoms with Crippen LogP contribution in [-0.2, 0) is 16.2 Å². The summed E-state index contributed by atoms with van der Waals surface area (Å²) in [6.07, 6.45) is 0.668. The number of phenols is 1. The first kappa shape index (κ1) is 26.0. The minimum atomic E-state index is -0.750. The van der Waals surface area contributed by atoms with E-state index in [9.17, 15) is 19.8 Å². The summed E-state index contributed by atoms with van der Waals surface area (Å²) in [6.45, 7) is 3.54. The first-order chi connectivity index (χ1) is 17.7. The van der Waals surface area contributed by atoms with Gasteiger partial charge < -0.3 is 24.7 Å². The average molecular weight is 501 g/mol. The number of aliphatic hydroxyl groups excluding tert-OH is 1. The molecule has 7 nitrogen and oxygen atoms in total. The third-order valence-corrected chi connectivity index (χ3v) is 6.37. The molecule has 1 aliphatic heterocycles. The van der Waals surface area contributed by atoms with E-state index in [1.54, 1.807) is 36.4 Å². The normalized spacial score (nSPS) is 17.0. The third-order valence-electron chi connectivity index (χ3n) is 6.37. The Morgan fingerprint density at radius 3 is 2.35 bits per heavy atom. The number of hydrogen-bond donors (Lipinski definition) is 2. The molecular weight excluding hydrogens is 468 g/mol. The predicted molar refractivity (Wildman–Crippen MR) is 142 cm³/mol. The van der Waals surface area contributed by atoms with Gasteiger partial charge in [0.1, 0.15) is 23.9 Å². The summed E-state index contributed by atoms with van der Waals surface area (Å²) in [7, 11) is 3.89. The molecular formula is C30H32N2O5. The van der Waals surface area contributed by atoms with E-state index in [0.29, 0.717) is 36.4 Å². The summed E-state index contributed by atoms with van der Waals surface area (Å²) in [6, 6.07) is 20.5. The zero-order valence-corrected chi connectivity index (χ0v) is 21.3. The van der Waals surface area contributed by atoms with Gasteiger partial charge in [-0.05, 0) is 81.5 Å². The zero-order valence-electron chi connectivity index (χ0n) is 21.3. The van der Waals surface area contributed by atoms with Crippen LogP contribution in [0.3, 0.4) is 0 Å². The molecule has 3 aromatic rings. The molecule has 0 saturated carbocycles. The van der Waals surface area contributed by atoms with Gasteiger partial charge in [0.05, 0.1) is 11.6 Å². The van der Waals surface area contributed by atoms with Crippen molar-refractivity contribution in [2.75, 3.05) is 27.2 Å². The van der Waals surface area contributed by atoms with Gasteiger partial charge >= 0.3 is 0 Å². The Bertz CT molecular complexity index is 1300. The highest BCUT2D eigenvalue weighted by Gasteiger charge is 2.45. The van der Waals surface area contributed by atoms with Crippen LogP contribution in [0.2, 0.25) is 0 Å². The zero-order chi connectivity index (χ0) is 26.5. The quantitative estimate of drug-likeness (QED) is 0.253. The van der Waals surface area contributed by atoms with Gasteiger partial charge in [-0.15, -0.1) is 0 Å². The fraction of sp³-hybridized carbons (Fsp3) is 0.267. The molecule has 1 heterocycles. The van der Waals surface area contributed by atoms with E-state index in [1.165, 1.54) is 17.0 Å². The van der Waals surface area contributed by atoms with Gasteiger partial charge in [0.2, 0.25) is 0 Å². The minimum absolute atomic E-state index is 0.0361. The molecule has 1 atom stereocenters. The number of benzene rings is 3. The molecule has 7 heteroatoms. The van der Waals surface area contributed by atoms with E-state index in [1.807, 2.05) is 44.1 Å². The first-order valence-electron chi connectivity index (χ1n) is 12.3. The maximum atomic E-state index is 13.1. The molecule has 1 amide bonds. The lowest BCUT2D eigenvalue weighted by Gasteiger charge is -2.26. The number of aliphatic hydroxyl groups is 1. The molecule has 0 aromatic heterocycles. The Morgan fingerprint density at radius 1 is 1.00 bits per heavy atom. The number of ketones is 1. The largest absolute Gasteiger partial charge is 0.508 e. The number of aromatic hydroxyl groups is 1. The van der Waals surface area contributed by atoms with Crippen LogP contribution in [0.4, 0.5) is 0 Å². The topological polar surface area (TPSA) is 90.3 Å². The van der Waals surface area contributed by atoms with Gasteiger partial charge in [0, 0.05) is 12.1 Å². The second-order valence-corrected chi connectivity index (χ2v) is 9.54. The highest BCUT2D eigenvalue weighted by Crippen LogP contribution is 2.40. The molecule has 192 valence electrons. The lowest BCUT2D eigenvalue weighted by Crippen LogP contribution is -2.32. The van der Waals surface area contributed by atoms with Crippen molar-refractivity contribution in [2.24, 2.45) is 0 Å². The molecule has 1 aliphatic rings. The van der Waals surface area contributed by atoms with E-state index in [0.717, 1.165) is 17.7 Å². The summed E-state index contributed by atoms with van der Waals surface area (Å²) < 4.78 is 5.87. The van der Waals surface area contributed by atoms with Gasteiger partial charge in [-0.1, -0.05) is 42.0 Å². The van der Waals surface area contributed by atoms with Crippen LogP contribution in [0, 0.1) is 6.92 Å². The first-order valence-corrected chi connectivity index (χ1v) is 12.3. The SMILES string of the molecule is Cc1cccc(COc2ccc(C(O)=C3C(=O)C(=O)N(CCCN(C)C)[C@H]3c3ccc(O)cc3)cc2)c1. The van der Waals surface area contributed by atoms with Crippen molar-refractivity contribution in [3.05, 3.63) is 101 Å². The van der Waals surface area contributed by atoms with Crippen molar-refractivity contribution in [1.29, 1.82) is 0 Å². The number of rotatable bonds is 9. The number of Topliss-reactive ketones (excluding diaryl/α,β-unsaturated/α-hetero) is 1. The van der Waals surface area contributed by atoms with Crippen molar-refractivity contribution in [3.63, 3.8) is 0 Å². The highest BCUT2D eigenvalue weighted by molar-refractivity contribution is 6.46. The second-order valence-electron chi connectivity index (χ2n) is 9.54. The molecule has 0 spiro atoms. The summed E-state index contributed by atoms with van der Waals surface area (Å²) in [5.74, 6) is -0.903. The van der Waals surface area contributed by atoms with E-state index in [2.05, 4.69) is 6.07 Å². The number of carbonyl (C=O) groups is 2. The average Bonchev–Trinajstić information content (AvgIpc) is 3.13. The van der Waals surface area contributed by atoms with E-state index < -0.39 is 17.7 Å². The summed E-state index contributed by atoms with van der Waals surface area (Å²) >= 11 is 0. The molecule has 1 saturated heterocycles. The minimum Gasteiger partial charge on any atom is -0.508 e. The van der Waals surface area contributed by atoms with Crippen LogP contribution in [0.5, 0.6) is 11.5 Å². The number of carbonyl (C=O) groups excluding carboxylic acids is 2. The Balaban J connectivity index is 1.62. The van der Waals surface area contributed by atoms with E-state index >= 15 is 0 Å². The van der Waals surface area contributed by atoms with Crippen molar-refractivity contribution in [1.82, 2.24) is 9.80 Å². The molecule has 3 aromatic carbocycles. The molecule has 2 N–H and O–H groups in total. The van der Waals surface area contributed by atoms with Crippen LogP contribution < -0.4 is 4.74 Å². The number of aryl methyl sites for hydroxylation is 1. The van der Waals surface area contributed by atoms with Crippen molar-refractivity contribution >= 4 is 17.4 Å². The fourth-order valence-electron chi connectivity index (χ4n) is 4.50. The number of amides is 1. The molecule has 0 aliphatic carbocycles. The van der Waals surface area contributed by atoms with Crippen LogP contribution in [0.25, 0.3) is 5.76 Å². The molecule has 0 bridgehead atoms. The lowest BCUT2D eigenvalue weighted by molar-refractivity contribution is -0.139. The van der Waals surface area contributed by atoms with Gasteiger partial charge in [-0.3, -0.25) is 9.59 Å². The van der Waals surface area contributed by atoms with Crippen LogP contribution in [-0.4, -0.2) is 58.9 Å².